The fraction of sp³-hybridized carbons (Fsp3) is 0.435. The molecule has 1 aliphatic carbocycles. The fourth-order valence-electron chi connectivity index (χ4n) is 4.12. The van der Waals surface area contributed by atoms with Gasteiger partial charge in [-0.25, -0.2) is 12.8 Å². The van der Waals surface area contributed by atoms with Crippen LogP contribution in [0.5, 0.6) is 0 Å². The summed E-state index contributed by atoms with van der Waals surface area (Å²) >= 11 is 11.9. The van der Waals surface area contributed by atoms with Gasteiger partial charge in [-0.2, -0.15) is 0 Å². The lowest BCUT2D eigenvalue weighted by Gasteiger charge is -2.33. The van der Waals surface area contributed by atoms with Crippen molar-refractivity contribution < 1.29 is 17.6 Å². The normalized spacial score (nSPS) is 16.9. The lowest BCUT2D eigenvalue weighted by atomic mass is 9.84. The molecule has 0 saturated heterocycles. The number of halogens is 3. The van der Waals surface area contributed by atoms with Crippen molar-refractivity contribution in [2.24, 2.45) is 5.92 Å². The zero-order chi connectivity index (χ0) is 23.5. The van der Waals surface area contributed by atoms with Crippen molar-refractivity contribution in [1.82, 2.24) is 5.32 Å². The van der Waals surface area contributed by atoms with Crippen LogP contribution in [-0.2, 0) is 14.8 Å². The number of nitrogens with zero attached hydrogens (tertiary/aromatic N) is 1. The van der Waals surface area contributed by atoms with Crippen LogP contribution in [0.2, 0.25) is 10.0 Å². The Morgan fingerprint density at radius 2 is 1.62 bits per heavy atom. The standard InChI is InChI=1S/C23H27Cl2FN2O3S/c1-15(17-6-4-3-5-7-17)27-23(29)16(2)28(22-14-19(25)10-13-21(22)26)32(30,31)20-11-8-18(24)9-12-20/h8-17H,3-7H2,1-2H3,(H,27,29). The van der Waals surface area contributed by atoms with Crippen molar-refractivity contribution >= 4 is 44.8 Å². The number of amides is 1. The van der Waals surface area contributed by atoms with Gasteiger partial charge in [-0.05, 0) is 75.1 Å². The lowest BCUT2D eigenvalue weighted by Crippen LogP contribution is -2.51. The number of benzene rings is 2. The van der Waals surface area contributed by atoms with Gasteiger partial charge in [0.15, 0.2) is 0 Å². The average Bonchev–Trinajstić information content (AvgIpc) is 2.77. The molecule has 32 heavy (non-hydrogen) atoms. The van der Waals surface area contributed by atoms with Crippen LogP contribution in [0.1, 0.15) is 46.0 Å². The molecule has 0 aromatic heterocycles. The summed E-state index contributed by atoms with van der Waals surface area (Å²) in [5.74, 6) is -0.962. The summed E-state index contributed by atoms with van der Waals surface area (Å²) in [6.07, 6.45) is 5.46. The molecule has 2 atom stereocenters. The molecule has 0 radical (unpaired) electrons. The highest BCUT2D eigenvalue weighted by Gasteiger charge is 2.36. The molecule has 1 amide bonds. The van der Waals surface area contributed by atoms with E-state index in [1.54, 1.807) is 0 Å². The van der Waals surface area contributed by atoms with Crippen LogP contribution in [0.3, 0.4) is 0 Å². The van der Waals surface area contributed by atoms with Gasteiger partial charge >= 0.3 is 0 Å². The maximum Gasteiger partial charge on any atom is 0.265 e. The topological polar surface area (TPSA) is 66.5 Å². The minimum atomic E-state index is -4.30. The molecule has 3 rings (SSSR count). The SMILES string of the molecule is CC(NC(=O)C(C)N(c1cc(Cl)ccc1F)S(=O)(=O)c1ccc(Cl)cc1)C1CCCCC1. The van der Waals surface area contributed by atoms with Gasteiger partial charge in [0, 0.05) is 16.1 Å². The molecular formula is C23H27Cl2FN2O3S. The van der Waals surface area contributed by atoms with Gasteiger partial charge in [0.05, 0.1) is 10.6 Å². The van der Waals surface area contributed by atoms with E-state index in [-0.39, 0.29) is 21.6 Å². The van der Waals surface area contributed by atoms with E-state index in [1.807, 2.05) is 6.92 Å². The monoisotopic (exact) mass is 500 g/mol. The van der Waals surface area contributed by atoms with Crippen LogP contribution in [0.4, 0.5) is 10.1 Å². The molecule has 5 nitrogen and oxygen atoms in total. The van der Waals surface area contributed by atoms with Crippen LogP contribution < -0.4 is 9.62 Å². The lowest BCUT2D eigenvalue weighted by molar-refractivity contribution is -0.122. The first kappa shape index (κ1) is 24.8. The van der Waals surface area contributed by atoms with E-state index in [0.29, 0.717) is 10.9 Å². The first-order valence-corrected chi connectivity index (χ1v) is 12.9. The number of anilines is 1. The Hall–Kier alpha value is -1.83. The zero-order valence-electron chi connectivity index (χ0n) is 18.0. The Bertz CT molecular complexity index is 1060. The van der Waals surface area contributed by atoms with E-state index in [1.165, 1.54) is 49.7 Å². The molecule has 9 heteroatoms. The third kappa shape index (κ3) is 5.56. The highest BCUT2D eigenvalue weighted by Crippen LogP contribution is 2.32. The molecule has 1 saturated carbocycles. The number of carbonyl (C=O) groups is 1. The Balaban J connectivity index is 1.97. The fourth-order valence-corrected chi connectivity index (χ4v) is 6.03. The highest BCUT2D eigenvalue weighted by molar-refractivity contribution is 7.93. The Labute approximate surface area is 199 Å². The summed E-state index contributed by atoms with van der Waals surface area (Å²) in [5, 5.41) is 3.46. The minimum Gasteiger partial charge on any atom is -0.352 e. The maximum absolute atomic E-state index is 14.8. The van der Waals surface area contributed by atoms with Crippen LogP contribution in [0, 0.1) is 11.7 Å². The van der Waals surface area contributed by atoms with Crippen molar-refractivity contribution in [3.8, 4) is 0 Å². The summed E-state index contributed by atoms with van der Waals surface area (Å²) in [5.41, 5.74) is -0.291. The van der Waals surface area contributed by atoms with Gasteiger partial charge in [-0.15, -0.1) is 0 Å². The number of hydrogen-bond acceptors (Lipinski definition) is 3. The second kappa shape index (κ2) is 10.4. The zero-order valence-corrected chi connectivity index (χ0v) is 20.4. The molecule has 0 bridgehead atoms. The number of hydrogen-bond donors (Lipinski definition) is 1. The second-order valence-corrected chi connectivity index (χ2v) is 10.9. The minimum absolute atomic E-state index is 0.110. The molecule has 0 spiro atoms. The average molecular weight is 501 g/mol. The number of sulfonamides is 1. The van der Waals surface area contributed by atoms with E-state index in [2.05, 4.69) is 5.32 Å². The molecule has 0 heterocycles. The van der Waals surface area contributed by atoms with Crippen molar-refractivity contribution in [2.75, 3.05) is 4.31 Å². The van der Waals surface area contributed by atoms with Gasteiger partial charge in [-0.1, -0.05) is 42.5 Å². The Kier molecular flexibility index (Phi) is 8.06. The van der Waals surface area contributed by atoms with Crippen molar-refractivity contribution in [1.29, 1.82) is 0 Å². The van der Waals surface area contributed by atoms with Crippen molar-refractivity contribution in [3.63, 3.8) is 0 Å². The highest BCUT2D eigenvalue weighted by atomic mass is 35.5. The molecule has 0 aliphatic heterocycles. The van der Waals surface area contributed by atoms with Crippen LogP contribution in [-0.4, -0.2) is 26.4 Å². The predicted molar refractivity (Wildman–Crippen MR) is 126 cm³/mol. The van der Waals surface area contributed by atoms with Gasteiger partial charge in [0.1, 0.15) is 11.9 Å². The van der Waals surface area contributed by atoms with Crippen molar-refractivity contribution in [2.45, 2.75) is 62.9 Å². The first-order valence-electron chi connectivity index (χ1n) is 10.7. The second-order valence-electron chi connectivity index (χ2n) is 8.22. The van der Waals surface area contributed by atoms with Crippen LogP contribution >= 0.6 is 23.2 Å². The number of carbonyl (C=O) groups excluding carboxylic acids is 1. The molecule has 2 aromatic rings. The Morgan fingerprint density at radius 3 is 2.25 bits per heavy atom. The summed E-state index contributed by atoms with van der Waals surface area (Å²) in [6, 6.07) is 7.78. The van der Waals surface area contributed by atoms with Crippen molar-refractivity contribution in [3.05, 3.63) is 58.3 Å². The number of rotatable bonds is 7. The quantitative estimate of drug-likeness (QED) is 0.522. The van der Waals surface area contributed by atoms with Gasteiger partial charge < -0.3 is 5.32 Å². The summed E-state index contributed by atoms with van der Waals surface area (Å²) in [7, 11) is -4.30. The summed E-state index contributed by atoms with van der Waals surface area (Å²) in [4.78, 5) is 13.0. The van der Waals surface area contributed by atoms with Crippen LogP contribution in [0.25, 0.3) is 0 Å². The van der Waals surface area contributed by atoms with Gasteiger partial charge in [0.25, 0.3) is 10.0 Å². The van der Waals surface area contributed by atoms with Crippen LogP contribution in [0.15, 0.2) is 47.4 Å². The Morgan fingerprint density at radius 1 is 1.03 bits per heavy atom. The molecule has 2 aromatic carbocycles. The third-order valence-corrected chi connectivity index (χ3v) is 8.36. The molecule has 1 aliphatic rings. The molecule has 174 valence electrons. The smallest absolute Gasteiger partial charge is 0.265 e. The van der Waals surface area contributed by atoms with E-state index in [4.69, 9.17) is 23.2 Å². The number of nitrogens with one attached hydrogen (secondary N) is 1. The molecule has 1 N–H and O–H groups in total. The summed E-state index contributed by atoms with van der Waals surface area (Å²) in [6.45, 7) is 3.37. The van der Waals surface area contributed by atoms with Gasteiger partial charge in [0.2, 0.25) is 5.91 Å². The summed E-state index contributed by atoms with van der Waals surface area (Å²) < 4.78 is 42.6. The first-order chi connectivity index (χ1) is 15.1. The maximum atomic E-state index is 14.8. The predicted octanol–water partition coefficient (Wildman–Crippen LogP) is 5.80. The largest absolute Gasteiger partial charge is 0.352 e. The van der Waals surface area contributed by atoms with E-state index in [0.717, 1.165) is 36.1 Å². The third-order valence-electron chi connectivity index (χ3n) is 5.97. The molecular weight excluding hydrogens is 474 g/mol. The van der Waals surface area contributed by atoms with E-state index < -0.39 is 27.8 Å². The van der Waals surface area contributed by atoms with E-state index >= 15 is 0 Å². The molecule has 2 unspecified atom stereocenters. The molecule has 1 fully saturated rings. The van der Waals surface area contributed by atoms with Gasteiger partial charge in [-0.3, -0.25) is 9.10 Å². The van der Waals surface area contributed by atoms with E-state index in [9.17, 15) is 17.6 Å².